The van der Waals surface area contributed by atoms with Crippen molar-refractivity contribution in [2.45, 2.75) is 20.0 Å². The van der Waals surface area contributed by atoms with Crippen LogP contribution in [0, 0.1) is 6.92 Å². The second-order valence-corrected chi connectivity index (χ2v) is 9.28. The lowest BCUT2D eigenvalue weighted by Crippen LogP contribution is -2.53. The highest BCUT2D eigenvalue weighted by Gasteiger charge is 2.25. The summed E-state index contributed by atoms with van der Waals surface area (Å²) in [6.45, 7) is 11.4. The fourth-order valence-electron chi connectivity index (χ4n) is 4.93. The van der Waals surface area contributed by atoms with E-state index < -0.39 is 0 Å². The third kappa shape index (κ3) is 5.43. The average Bonchev–Trinajstić information content (AvgIpc) is 3.25. The second-order valence-electron chi connectivity index (χ2n) is 9.28. The van der Waals surface area contributed by atoms with Gasteiger partial charge in [-0.2, -0.15) is 0 Å². The maximum atomic E-state index is 12.9. The third-order valence-corrected chi connectivity index (χ3v) is 6.88. The Morgan fingerprint density at radius 3 is 2.27 bits per heavy atom. The molecular formula is C26H33N5O2. The van der Waals surface area contributed by atoms with Gasteiger partial charge in [0, 0.05) is 65.0 Å². The quantitative estimate of drug-likeness (QED) is 0.579. The first kappa shape index (κ1) is 22.1. The van der Waals surface area contributed by atoms with Gasteiger partial charge in [0.15, 0.2) is 5.76 Å². The van der Waals surface area contributed by atoms with Crippen LogP contribution in [0.1, 0.15) is 17.0 Å². The molecule has 0 unspecified atom stereocenters. The van der Waals surface area contributed by atoms with Crippen molar-refractivity contribution in [2.75, 3.05) is 58.9 Å². The molecule has 2 aliphatic heterocycles. The summed E-state index contributed by atoms with van der Waals surface area (Å²) in [5, 5.41) is 6.59. The van der Waals surface area contributed by atoms with E-state index in [0.29, 0.717) is 6.54 Å². The zero-order valence-corrected chi connectivity index (χ0v) is 19.4. The van der Waals surface area contributed by atoms with Crippen molar-refractivity contribution in [3.05, 3.63) is 65.5 Å². The monoisotopic (exact) mass is 447 g/mol. The molecule has 0 aliphatic carbocycles. The lowest BCUT2D eigenvalue weighted by atomic mass is 10.0. The van der Waals surface area contributed by atoms with Gasteiger partial charge in [-0.25, -0.2) is 0 Å². The third-order valence-electron chi connectivity index (χ3n) is 6.88. The summed E-state index contributed by atoms with van der Waals surface area (Å²) in [5.41, 5.74) is 2.29. The zero-order chi connectivity index (χ0) is 22.6. The Hall–Kier alpha value is -2.74. The number of aromatic nitrogens is 1. The number of fused-ring (bicyclic) bond motifs is 1. The molecule has 2 saturated heterocycles. The number of hydrogen-bond donors (Lipinski definition) is 0. The van der Waals surface area contributed by atoms with Crippen LogP contribution in [0.2, 0.25) is 0 Å². The van der Waals surface area contributed by atoms with Gasteiger partial charge in [0.25, 0.3) is 0 Å². The first-order valence-electron chi connectivity index (χ1n) is 12.0. The molecule has 0 spiro atoms. The Morgan fingerprint density at radius 2 is 1.52 bits per heavy atom. The van der Waals surface area contributed by atoms with Gasteiger partial charge in [-0.3, -0.25) is 19.5 Å². The number of amides is 1. The summed E-state index contributed by atoms with van der Waals surface area (Å²) < 4.78 is 5.33. The van der Waals surface area contributed by atoms with Crippen LogP contribution in [-0.2, 0) is 17.9 Å². The Labute approximate surface area is 195 Å². The smallest absolute Gasteiger partial charge is 0.236 e. The number of carbonyl (C=O) groups is 1. The van der Waals surface area contributed by atoms with Crippen LogP contribution < -0.4 is 0 Å². The predicted molar refractivity (Wildman–Crippen MR) is 129 cm³/mol. The van der Waals surface area contributed by atoms with Gasteiger partial charge in [-0.05, 0) is 23.3 Å². The number of benzene rings is 2. The minimum Gasteiger partial charge on any atom is -0.360 e. The van der Waals surface area contributed by atoms with Gasteiger partial charge in [0.2, 0.25) is 5.91 Å². The standard InChI is InChI=1S/C26H33N5O2/c1-21-17-24(33-27-21)19-29-9-11-30(12-10-29)20-26(32)31-15-13-28(14-16-31)18-23-7-4-6-22-5-2-3-8-25(22)23/h2-8,17H,9-16,18-20H2,1H3. The normalized spacial score (nSPS) is 18.8. The van der Waals surface area contributed by atoms with Crippen molar-refractivity contribution in [1.29, 1.82) is 0 Å². The second kappa shape index (κ2) is 10.0. The van der Waals surface area contributed by atoms with E-state index in [1.807, 2.05) is 17.9 Å². The number of aryl methyl sites for hydroxylation is 1. The van der Waals surface area contributed by atoms with E-state index in [4.69, 9.17) is 4.52 Å². The van der Waals surface area contributed by atoms with Crippen LogP contribution in [0.25, 0.3) is 10.8 Å². The molecule has 0 saturated carbocycles. The van der Waals surface area contributed by atoms with E-state index >= 15 is 0 Å². The van der Waals surface area contributed by atoms with Crippen LogP contribution in [0.5, 0.6) is 0 Å². The summed E-state index contributed by atoms with van der Waals surface area (Å²) in [5.74, 6) is 1.18. The maximum Gasteiger partial charge on any atom is 0.236 e. The van der Waals surface area contributed by atoms with E-state index in [1.54, 1.807) is 0 Å². The Bertz CT molecular complexity index is 1080. The number of hydrogen-bond acceptors (Lipinski definition) is 6. The van der Waals surface area contributed by atoms with Gasteiger partial charge < -0.3 is 9.42 Å². The van der Waals surface area contributed by atoms with E-state index in [0.717, 1.165) is 76.9 Å². The first-order chi connectivity index (χ1) is 16.1. The van der Waals surface area contributed by atoms with Crippen molar-refractivity contribution in [2.24, 2.45) is 0 Å². The molecule has 3 aromatic rings. The Balaban J connectivity index is 1.06. The van der Waals surface area contributed by atoms with Crippen LogP contribution in [-0.4, -0.2) is 89.6 Å². The minimum atomic E-state index is 0.263. The van der Waals surface area contributed by atoms with Gasteiger partial charge in [0.05, 0.1) is 18.8 Å². The van der Waals surface area contributed by atoms with Gasteiger partial charge in [0.1, 0.15) is 0 Å². The lowest BCUT2D eigenvalue weighted by molar-refractivity contribution is -0.134. The van der Waals surface area contributed by atoms with Crippen LogP contribution in [0.4, 0.5) is 0 Å². The van der Waals surface area contributed by atoms with E-state index in [1.165, 1.54) is 16.3 Å². The molecule has 7 nitrogen and oxygen atoms in total. The van der Waals surface area contributed by atoms with Gasteiger partial charge in [-0.1, -0.05) is 47.6 Å². The number of rotatable bonds is 6. The largest absolute Gasteiger partial charge is 0.360 e. The highest BCUT2D eigenvalue weighted by molar-refractivity contribution is 5.85. The number of piperazine rings is 2. The highest BCUT2D eigenvalue weighted by Crippen LogP contribution is 2.20. The van der Waals surface area contributed by atoms with Crippen LogP contribution in [0.3, 0.4) is 0 Å². The molecule has 2 aliphatic rings. The van der Waals surface area contributed by atoms with Crippen molar-refractivity contribution in [1.82, 2.24) is 24.8 Å². The summed E-state index contributed by atoms with van der Waals surface area (Å²) in [7, 11) is 0. The topological polar surface area (TPSA) is 56.1 Å². The molecule has 2 fully saturated rings. The fraction of sp³-hybridized carbons (Fsp3) is 0.462. The van der Waals surface area contributed by atoms with Gasteiger partial charge in [-0.15, -0.1) is 0 Å². The zero-order valence-electron chi connectivity index (χ0n) is 19.4. The number of nitrogens with zero attached hydrogens (tertiary/aromatic N) is 5. The summed E-state index contributed by atoms with van der Waals surface area (Å²) in [6.07, 6.45) is 0. The van der Waals surface area contributed by atoms with Crippen molar-refractivity contribution < 1.29 is 9.32 Å². The molecule has 0 atom stereocenters. The lowest BCUT2D eigenvalue weighted by Gasteiger charge is -2.38. The molecule has 3 heterocycles. The molecule has 2 aromatic carbocycles. The van der Waals surface area contributed by atoms with Crippen molar-refractivity contribution >= 4 is 16.7 Å². The number of carbonyl (C=O) groups excluding carboxylic acids is 1. The summed E-state index contributed by atoms with van der Waals surface area (Å²) in [4.78, 5) is 22.1. The average molecular weight is 448 g/mol. The molecule has 1 amide bonds. The van der Waals surface area contributed by atoms with Crippen molar-refractivity contribution in [3.63, 3.8) is 0 Å². The molecule has 1 aromatic heterocycles. The van der Waals surface area contributed by atoms with E-state index in [2.05, 4.69) is 62.3 Å². The molecular weight excluding hydrogens is 414 g/mol. The summed E-state index contributed by atoms with van der Waals surface area (Å²) >= 11 is 0. The predicted octanol–water partition coefficient (Wildman–Crippen LogP) is 2.60. The van der Waals surface area contributed by atoms with Crippen LogP contribution >= 0.6 is 0 Å². The Kier molecular flexibility index (Phi) is 6.71. The molecule has 33 heavy (non-hydrogen) atoms. The highest BCUT2D eigenvalue weighted by atomic mass is 16.5. The molecule has 5 rings (SSSR count). The molecule has 7 heteroatoms. The fourth-order valence-corrected chi connectivity index (χ4v) is 4.93. The first-order valence-corrected chi connectivity index (χ1v) is 12.0. The summed E-state index contributed by atoms with van der Waals surface area (Å²) in [6, 6.07) is 17.1. The van der Waals surface area contributed by atoms with E-state index in [-0.39, 0.29) is 5.91 Å². The van der Waals surface area contributed by atoms with Crippen molar-refractivity contribution in [3.8, 4) is 0 Å². The molecule has 174 valence electrons. The molecule has 0 N–H and O–H groups in total. The maximum absolute atomic E-state index is 12.9. The Morgan fingerprint density at radius 1 is 0.848 bits per heavy atom. The minimum absolute atomic E-state index is 0.263. The molecule has 0 bridgehead atoms. The van der Waals surface area contributed by atoms with E-state index in [9.17, 15) is 4.79 Å². The van der Waals surface area contributed by atoms with Crippen LogP contribution in [0.15, 0.2) is 53.1 Å². The molecule has 0 radical (unpaired) electrons. The van der Waals surface area contributed by atoms with Gasteiger partial charge >= 0.3 is 0 Å². The SMILES string of the molecule is Cc1cc(CN2CCN(CC(=O)N3CCN(Cc4cccc5ccccc45)CC3)CC2)on1.